The van der Waals surface area contributed by atoms with E-state index in [2.05, 4.69) is 21.4 Å². The Morgan fingerprint density at radius 1 is 1.67 bits per heavy atom. The molecule has 0 N–H and O–H groups in total. The predicted octanol–water partition coefficient (Wildman–Crippen LogP) is 3.25. The highest BCUT2D eigenvalue weighted by molar-refractivity contribution is 8.43. The van der Waals surface area contributed by atoms with E-state index in [9.17, 15) is 0 Å². The van der Waals surface area contributed by atoms with E-state index in [1.54, 1.807) is 18.5 Å². The molecule has 0 aliphatic carbocycles. The first-order valence-corrected chi connectivity index (χ1v) is 6.41. The lowest BCUT2D eigenvalue weighted by Crippen LogP contribution is -1.91. The van der Waals surface area contributed by atoms with Crippen LogP contribution in [-0.2, 0) is 4.74 Å². The molecule has 12 heavy (non-hydrogen) atoms. The van der Waals surface area contributed by atoms with Gasteiger partial charge in [0, 0.05) is 5.75 Å². The molecule has 0 aromatic carbocycles. The molecule has 70 valence electrons. The summed E-state index contributed by atoms with van der Waals surface area (Å²) in [7, 11) is 4.35. The summed E-state index contributed by atoms with van der Waals surface area (Å²) in [5.74, 6) is 2.65. The second-order valence-corrected chi connectivity index (χ2v) is 4.23. The highest BCUT2D eigenvalue weighted by Crippen LogP contribution is 2.16. The third-order valence-electron chi connectivity index (χ3n) is 1.47. The summed E-state index contributed by atoms with van der Waals surface area (Å²) in [6.07, 6.45) is 6.14. The summed E-state index contributed by atoms with van der Waals surface area (Å²) in [5, 5.41) is 0. The Labute approximate surface area is 81.6 Å². The highest BCUT2D eigenvalue weighted by atomic mass is 32.7. The summed E-state index contributed by atoms with van der Waals surface area (Å²) in [4.78, 5) is 0. The van der Waals surface area contributed by atoms with Gasteiger partial charge in [0.05, 0.1) is 7.11 Å². The Kier molecular flexibility index (Phi) is 7.73. The van der Waals surface area contributed by atoms with E-state index in [0.29, 0.717) is 5.92 Å². The van der Waals surface area contributed by atoms with Crippen LogP contribution in [0.4, 0.5) is 0 Å². The Morgan fingerprint density at radius 2 is 2.33 bits per heavy atom. The van der Waals surface area contributed by atoms with Gasteiger partial charge in [0.1, 0.15) is 5.76 Å². The van der Waals surface area contributed by atoms with Crippen molar-refractivity contribution in [2.24, 2.45) is 5.92 Å². The zero-order valence-corrected chi connectivity index (χ0v) is 9.88. The van der Waals surface area contributed by atoms with E-state index in [4.69, 9.17) is 4.74 Å². The maximum atomic E-state index is 5.09. The molecule has 0 saturated heterocycles. The first-order chi connectivity index (χ1) is 5.74. The minimum absolute atomic E-state index is 0.595. The summed E-state index contributed by atoms with van der Waals surface area (Å²) in [6.45, 7) is 4.16. The molecule has 2 unspecified atom stereocenters. The lowest BCUT2D eigenvalue weighted by atomic mass is 10.2. The normalized spacial score (nSPS) is 15.2. The van der Waals surface area contributed by atoms with Crippen molar-refractivity contribution in [3.63, 3.8) is 0 Å². The third kappa shape index (κ3) is 5.68. The molecule has 1 nitrogen and oxygen atoms in total. The van der Waals surface area contributed by atoms with Gasteiger partial charge in [0.15, 0.2) is 0 Å². The fourth-order valence-corrected chi connectivity index (χ4v) is 2.07. The van der Waals surface area contributed by atoms with Crippen LogP contribution in [0.15, 0.2) is 24.0 Å². The van der Waals surface area contributed by atoms with Crippen LogP contribution in [-0.4, -0.2) is 12.9 Å². The predicted molar refractivity (Wildman–Crippen MR) is 61.2 cm³/mol. The summed E-state index contributed by atoms with van der Waals surface area (Å²) < 4.78 is 5.09. The largest absolute Gasteiger partial charge is 0.497 e. The summed E-state index contributed by atoms with van der Waals surface area (Å²) in [5.41, 5.74) is 0. The van der Waals surface area contributed by atoms with Crippen molar-refractivity contribution in [1.82, 2.24) is 0 Å². The van der Waals surface area contributed by atoms with Crippen molar-refractivity contribution < 1.29 is 4.74 Å². The van der Waals surface area contributed by atoms with Crippen LogP contribution >= 0.6 is 19.8 Å². The van der Waals surface area contributed by atoms with Gasteiger partial charge in [-0.05, 0) is 25.0 Å². The number of hydrogen-bond acceptors (Lipinski definition) is 2. The molecule has 0 bridgehead atoms. The van der Waals surface area contributed by atoms with Crippen LogP contribution in [0.5, 0.6) is 0 Å². The number of rotatable bonds is 5. The Bertz CT molecular complexity index is 166. The number of methoxy groups -OCH3 is 1. The first-order valence-electron chi connectivity index (χ1n) is 3.94. The van der Waals surface area contributed by atoms with Crippen molar-refractivity contribution in [2.45, 2.75) is 13.8 Å². The zero-order valence-electron chi connectivity index (χ0n) is 7.91. The Balaban J connectivity index is 3.87. The van der Waals surface area contributed by atoms with Gasteiger partial charge in [0.2, 0.25) is 0 Å². The first kappa shape index (κ1) is 12.1. The van der Waals surface area contributed by atoms with Gasteiger partial charge in [-0.1, -0.05) is 21.4 Å². The summed E-state index contributed by atoms with van der Waals surface area (Å²) >= 11 is 1.78. The van der Waals surface area contributed by atoms with E-state index in [-0.39, 0.29) is 0 Å². The molecule has 0 rings (SSSR count). The summed E-state index contributed by atoms with van der Waals surface area (Å²) in [6, 6.07) is 0. The molecule has 0 aliphatic heterocycles. The van der Waals surface area contributed by atoms with Crippen LogP contribution in [0.1, 0.15) is 13.8 Å². The average Bonchev–Trinajstić information content (AvgIpc) is 2.07. The molecule has 2 atom stereocenters. The van der Waals surface area contributed by atoms with Crippen molar-refractivity contribution in [2.75, 3.05) is 12.9 Å². The van der Waals surface area contributed by atoms with E-state index in [1.807, 2.05) is 19.1 Å². The minimum atomic E-state index is 0.595. The van der Waals surface area contributed by atoms with Crippen LogP contribution < -0.4 is 0 Å². The molecular formula is C9H17OPS. The highest BCUT2D eigenvalue weighted by Gasteiger charge is 1.94. The van der Waals surface area contributed by atoms with Crippen molar-refractivity contribution in [3.05, 3.63) is 24.0 Å². The zero-order chi connectivity index (χ0) is 9.40. The second kappa shape index (κ2) is 7.70. The van der Waals surface area contributed by atoms with Crippen LogP contribution in [0, 0.1) is 5.92 Å². The standard InChI is InChI=1S/C9H17OPS/c1-4-9(10-3)6-5-8(2)7-12-11/h4-6,8H,7,11H2,1-3H3/b6-5-,9-4+. The SMILES string of the molecule is C/C=C(\C=C/C(C)CSP)OC. The lowest BCUT2D eigenvalue weighted by molar-refractivity contribution is 0.306. The average molecular weight is 204 g/mol. The van der Waals surface area contributed by atoms with Crippen molar-refractivity contribution in [3.8, 4) is 0 Å². The number of ether oxygens (including phenoxy) is 1. The van der Waals surface area contributed by atoms with Gasteiger partial charge in [-0.25, -0.2) is 0 Å². The molecule has 0 aliphatic rings. The number of allylic oxidation sites excluding steroid dienone is 3. The van der Waals surface area contributed by atoms with Crippen molar-refractivity contribution in [1.29, 1.82) is 0 Å². The third-order valence-corrected chi connectivity index (χ3v) is 2.76. The topological polar surface area (TPSA) is 9.23 Å². The van der Waals surface area contributed by atoms with Crippen LogP contribution in [0.3, 0.4) is 0 Å². The van der Waals surface area contributed by atoms with Crippen LogP contribution in [0.2, 0.25) is 0 Å². The fourth-order valence-electron chi connectivity index (χ4n) is 0.749. The van der Waals surface area contributed by atoms with Crippen molar-refractivity contribution >= 4 is 19.8 Å². The minimum Gasteiger partial charge on any atom is -0.497 e. The van der Waals surface area contributed by atoms with Gasteiger partial charge >= 0.3 is 0 Å². The monoisotopic (exact) mass is 204 g/mol. The molecule has 0 spiro atoms. The molecule has 0 radical (unpaired) electrons. The van der Waals surface area contributed by atoms with E-state index >= 15 is 0 Å². The molecule has 0 amide bonds. The van der Waals surface area contributed by atoms with Gasteiger partial charge < -0.3 is 4.74 Å². The lowest BCUT2D eigenvalue weighted by Gasteiger charge is -2.03. The van der Waals surface area contributed by atoms with E-state index in [0.717, 1.165) is 11.5 Å². The van der Waals surface area contributed by atoms with E-state index in [1.165, 1.54) is 0 Å². The molecular weight excluding hydrogens is 187 g/mol. The Morgan fingerprint density at radius 3 is 2.75 bits per heavy atom. The molecule has 0 heterocycles. The molecule has 0 aromatic heterocycles. The van der Waals surface area contributed by atoms with Gasteiger partial charge in [0.25, 0.3) is 0 Å². The molecule has 3 heteroatoms. The number of hydrogen-bond donors (Lipinski definition) is 0. The Hall–Kier alpha value is 0.0600. The second-order valence-electron chi connectivity index (χ2n) is 2.56. The van der Waals surface area contributed by atoms with Crippen LogP contribution in [0.25, 0.3) is 0 Å². The quantitative estimate of drug-likeness (QED) is 0.386. The smallest absolute Gasteiger partial charge is 0.114 e. The molecule has 0 aromatic rings. The van der Waals surface area contributed by atoms with Gasteiger partial charge in [-0.3, -0.25) is 0 Å². The molecule has 0 saturated carbocycles. The maximum absolute atomic E-state index is 5.09. The van der Waals surface area contributed by atoms with Gasteiger partial charge in [-0.2, -0.15) is 0 Å². The van der Waals surface area contributed by atoms with Gasteiger partial charge in [-0.15, -0.1) is 11.4 Å². The van der Waals surface area contributed by atoms with E-state index < -0.39 is 0 Å². The molecule has 0 fully saturated rings. The fraction of sp³-hybridized carbons (Fsp3) is 0.556. The maximum Gasteiger partial charge on any atom is 0.114 e.